The normalized spacial score (nSPS) is 18.9. The molecule has 1 amide bonds. The van der Waals surface area contributed by atoms with Crippen molar-refractivity contribution >= 4 is 11.6 Å². The molecule has 1 saturated heterocycles. The van der Waals surface area contributed by atoms with E-state index in [4.69, 9.17) is 9.84 Å². The summed E-state index contributed by atoms with van der Waals surface area (Å²) in [5, 5.41) is 19.8. The third-order valence-corrected chi connectivity index (χ3v) is 3.28. The van der Waals surface area contributed by atoms with Crippen LogP contribution in [0, 0.1) is 17.0 Å². The van der Waals surface area contributed by atoms with Gasteiger partial charge in [-0.3, -0.25) is 14.9 Å². The maximum Gasteiger partial charge on any atom is 0.269 e. The molecule has 7 nitrogen and oxygen atoms in total. The molecule has 1 fully saturated rings. The molecule has 1 aliphatic heterocycles. The lowest BCUT2D eigenvalue weighted by Gasteiger charge is -2.32. The Balaban J connectivity index is 2.18. The summed E-state index contributed by atoms with van der Waals surface area (Å²) in [7, 11) is 0. The van der Waals surface area contributed by atoms with Gasteiger partial charge in [0.15, 0.2) is 0 Å². The second-order valence-corrected chi connectivity index (χ2v) is 4.68. The van der Waals surface area contributed by atoms with Crippen molar-refractivity contribution in [2.75, 3.05) is 26.3 Å². The highest BCUT2D eigenvalue weighted by Crippen LogP contribution is 2.19. The van der Waals surface area contributed by atoms with Crippen molar-refractivity contribution in [3.05, 3.63) is 39.4 Å². The number of non-ortho nitro benzene ring substituents is 1. The smallest absolute Gasteiger partial charge is 0.269 e. The predicted molar refractivity (Wildman–Crippen MR) is 70.6 cm³/mol. The number of hydrogen-bond donors (Lipinski definition) is 1. The van der Waals surface area contributed by atoms with Gasteiger partial charge in [0, 0.05) is 30.8 Å². The first-order chi connectivity index (χ1) is 9.52. The van der Waals surface area contributed by atoms with E-state index in [1.54, 1.807) is 11.8 Å². The van der Waals surface area contributed by atoms with Crippen molar-refractivity contribution in [1.82, 2.24) is 4.90 Å². The summed E-state index contributed by atoms with van der Waals surface area (Å²) >= 11 is 0. The van der Waals surface area contributed by atoms with Gasteiger partial charge >= 0.3 is 0 Å². The van der Waals surface area contributed by atoms with Crippen molar-refractivity contribution in [3.63, 3.8) is 0 Å². The fourth-order valence-electron chi connectivity index (χ4n) is 2.19. The van der Waals surface area contributed by atoms with E-state index >= 15 is 0 Å². The zero-order valence-corrected chi connectivity index (χ0v) is 11.1. The Morgan fingerprint density at radius 1 is 1.60 bits per heavy atom. The third kappa shape index (κ3) is 2.94. The summed E-state index contributed by atoms with van der Waals surface area (Å²) in [5.74, 6) is -0.195. The van der Waals surface area contributed by atoms with Crippen LogP contribution in [0.3, 0.4) is 0 Å². The SMILES string of the molecule is Cc1cc([N+](=O)[O-])ccc1C(=O)N1CCOC(CO)C1. The fourth-order valence-corrected chi connectivity index (χ4v) is 2.19. The molecular formula is C13H16N2O5. The molecule has 1 aliphatic rings. The van der Waals surface area contributed by atoms with E-state index < -0.39 is 4.92 Å². The van der Waals surface area contributed by atoms with E-state index in [1.165, 1.54) is 18.2 Å². The number of benzene rings is 1. The van der Waals surface area contributed by atoms with Crippen molar-refractivity contribution in [1.29, 1.82) is 0 Å². The standard InChI is InChI=1S/C13H16N2O5/c1-9-6-10(15(18)19)2-3-12(9)13(17)14-4-5-20-11(7-14)8-16/h2-3,6,11,16H,4-5,7-8H2,1H3. The largest absolute Gasteiger partial charge is 0.394 e. The number of nitrogens with zero attached hydrogens (tertiary/aromatic N) is 2. The lowest BCUT2D eigenvalue weighted by molar-refractivity contribution is -0.384. The molecule has 1 unspecified atom stereocenters. The molecular weight excluding hydrogens is 264 g/mol. The zero-order valence-electron chi connectivity index (χ0n) is 11.1. The van der Waals surface area contributed by atoms with Crippen LogP contribution in [0.15, 0.2) is 18.2 Å². The van der Waals surface area contributed by atoms with Crippen LogP contribution in [0.2, 0.25) is 0 Å². The summed E-state index contributed by atoms with van der Waals surface area (Å²) in [5.41, 5.74) is 0.972. The van der Waals surface area contributed by atoms with Crippen LogP contribution in [-0.4, -0.2) is 53.2 Å². The van der Waals surface area contributed by atoms with Gasteiger partial charge in [0.05, 0.1) is 24.2 Å². The number of rotatable bonds is 3. The van der Waals surface area contributed by atoms with Gasteiger partial charge in [-0.05, 0) is 18.6 Å². The Morgan fingerprint density at radius 2 is 2.35 bits per heavy atom. The van der Waals surface area contributed by atoms with Crippen LogP contribution in [0.5, 0.6) is 0 Å². The fraction of sp³-hybridized carbons (Fsp3) is 0.462. The molecule has 1 heterocycles. The van der Waals surface area contributed by atoms with Gasteiger partial charge in [0.1, 0.15) is 0 Å². The first-order valence-corrected chi connectivity index (χ1v) is 6.29. The van der Waals surface area contributed by atoms with Gasteiger partial charge in [-0.15, -0.1) is 0 Å². The summed E-state index contributed by atoms with van der Waals surface area (Å²) in [6.07, 6.45) is -0.369. The number of morpholine rings is 1. The van der Waals surface area contributed by atoms with E-state index in [0.717, 1.165) is 0 Å². The molecule has 7 heteroatoms. The number of hydrogen-bond acceptors (Lipinski definition) is 5. The minimum absolute atomic E-state index is 0.0331. The highest BCUT2D eigenvalue weighted by atomic mass is 16.6. The Labute approximate surface area is 115 Å². The Bertz CT molecular complexity index is 531. The van der Waals surface area contributed by atoms with Crippen molar-refractivity contribution in [3.8, 4) is 0 Å². The monoisotopic (exact) mass is 280 g/mol. The van der Waals surface area contributed by atoms with E-state index in [-0.39, 0.29) is 24.3 Å². The summed E-state index contributed by atoms with van der Waals surface area (Å²) in [6, 6.07) is 4.18. The predicted octanol–water partition coefficient (Wildman–Crippen LogP) is 0.737. The number of nitro groups is 1. The van der Waals surface area contributed by atoms with Crippen LogP contribution >= 0.6 is 0 Å². The minimum Gasteiger partial charge on any atom is -0.394 e. The highest BCUT2D eigenvalue weighted by molar-refractivity contribution is 5.96. The highest BCUT2D eigenvalue weighted by Gasteiger charge is 2.25. The molecule has 0 spiro atoms. The molecule has 0 saturated carbocycles. The van der Waals surface area contributed by atoms with Crippen LogP contribution in [-0.2, 0) is 4.74 Å². The molecule has 0 bridgehead atoms. The molecule has 20 heavy (non-hydrogen) atoms. The van der Waals surface area contributed by atoms with Crippen molar-refractivity contribution in [2.45, 2.75) is 13.0 Å². The Kier molecular flexibility index (Phi) is 4.31. The number of carbonyl (C=O) groups excluding carboxylic acids is 1. The average Bonchev–Trinajstić information content (AvgIpc) is 2.46. The quantitative estimate of drug-likeness (QED) is 0.651. The van der Waals surface area contributed by atoms with Crippen LogP contribution < -0.4 is 0 Å². The molecule has 1 N–H and O–H groups in total. The number of aryl methyl sites for hydroxylation is 1. The number of ether oxygens (including phenoxy) is 1. The number of aliphatic hydroxyl groups is 1. The maximum atomic E-state index is 12.4. The van der Waals surface area contributed by atoms with Gasteiger partial charge in [-0.2, -0.15) is 0 Å². The van der Waals surface area contributed by atoms with Gasteiger partial charge in [-0.1, -0.05) is 0 Å². The summed E-state index contributed by atoms with van der Waals surface area (Å²) in [4.78, 5) is 24.2. The Hall–Kier alpha value is -1.99. The average molecular weight is 280 g/mol. The molecule has 2 rings (SSSR count). The zero-order chi connectivity index (χ0) is 14.7. The molecule has 0 aromatic heterocycles. The van der Waals surface area contributed by atoms with Crippen LogP contribution in [0.25, 0.3) is 0 Å². The second-order valence-electron chi connectivity index (χ2n) is 4.68. The lowest BCUT2D eigenvalue weighted by Crippen LogP contribution is -2.47. The molecule has 1 atom stereocenters. The second kappa shape index (κ2) is 5.98. The van der Waals surface area contributed by atoms with Gasteiger partial charge in [0.2, 0.25) is 0 Å². The van der Waals surface area contributed by atoms with Gasteiger partial charge < -0.3 is 14.7 Å². The minimum atomic E-state index is -0.488. The summed E-state index contributed by atoms with van der Waals surface area (Å²) in [6.45, 7) is 2.69. The molecule has 1 aromatic carbocycles. The van der Waals surface area contributed by atoms with Crippen LogP contribution in [0.1, 0.15) is 15.9 Å². The van der Waals surface area contributed by atoms with Crippen molar-refractivity contribution in [2.24, 2.45) is 0 Å². The first kappa shape index (κ1) is 14.4. The molecule has 0 aliphatic carbocycles. The van der Waals surface area contributed by atoms with E-state index in [2.05, 4.69) is 0 Å². The number of nitro benzene ring substituents is 1. The van der Waals surface area contributed by atoms with E-state index in [9.17, 15) is 14.9 Å². The number of amides is 1. The number of aliphatic hydroxyl groups excluding tert-OH is 1. The third-order valence-electron chi connectivity index (χ3n) is 3.28. The molecule has 0 radical (unpaired) electrons. The lowest BCUT2D eigenvalue weighted by atomic mass is 10.1. The van der Waals surface area contributed by atoms with Crippen LogP contribution in [0.4, 0.5) is 5.69 Å². The number of carbonyl (C=O) groups is 1. The van der Waals surface area contributed by atoms with Gasteiger partial charge in [0.25, 0.3) is 11.6 Å². The van der Waals surface area contributed by atoms with E-state index in [1.807, 2.05) is 0 Å². The summed E-state index contributed by atoms with van der Waals surface area (Å²) < 4.78 is 5.29. The molecule has 1 aromatic rings. The van der Waals surface area contributed by atoms with Gasteiger partial charge in [-0.25, -0.2) is 0 Å². The first-order valence-electron chi connectivity index (χ1n) is 6.29. The van der Waals surface area contributed by atoms with E-state index in [0.29, 0.717) is 30.8 Å². The maximum absolute atomic E-state index is 12.4. The molecule has 108 valence electrons. The topological polar surface area (TPSA) is 92.9 Å². The van der Waals surface area contributed by atoms with Crippen molar-refractivity contribution < 1.29 is 19.6 Å². The Morgan fingerprint density at radius 3 is 2.95 bits per heavy atom.